The Morgan fingerprint density at radius 3 is 1.70 bits per heavy atom. The number of hydrogen-bond acceptors (Lipinski definition) is 11. The van der Waals surface area contributed by atoms with Gasteiger partial charge in [0, 0.05) is 94.7 Å². The van der Waals surface area contributed by atoms with E-state index in [0.29, 0.717) is 24.5 Å². The number of nitro benzene ring substituents is 1. The quantitative estimate of drug-likeness (QED) is 0.147. The predicted molar refractivity (Wildman–Crippen MR) is 174 cm³/mol. The third-order valence-electron chi connectivity index (χ3n) is 7.91. The molecule has 0 saturated carbocycles. The van der Waals surface area contributed by atoms with E-state index in [1.54, 1.807) is 30.2 Å². The predicted octanol–water partition coefficient (Wildman–Crippen LogP) is 3.09. The normalized spacial score (nSPS) is 15.6. The van der Waals surface area contributed by atoms with Gasteiger partial charge in [-0.1, -0.05) is 0 Å². The van der Waals surface area contributed by atoms with E-state index >= 15 is 0 Å². The number of aromatic nitrogens is 4. The van der Waals surface area contributed by atoms with Gasteiger partial charge in [0.05, 0.1) is 42.7 Å². The van der Waals surface area contributed by atoms with Crippen molar-refractivity contribution in [2.45, 2.75) is 0 Å². The van der Waals surface area contributed by atoms with Crippen LogP contribution in [-0.4, -0.2) is 113 Å². The lowest BCUT2D eigenvalue weighted by atomic mass is 10.1. The lowest BCUT2D eigenvalue weighted by molar-refractivity contribution is -0.384. The zero-order valence-electron chi connectivity index (χ0n) is 26.4. The summed E-state index contributed by atoms with van der Waals surface area (Å²) in [6, 6.07) is 14.1. The second-order valence-electron chi connectivity index (χ2n) is 11.0. The van der Waals surface area contributed by atoms with Gasteiger partial charge in [0.15, 0.2) is 0 Å². The minimum atomic E-state index is -0.405. The Morgan fingerprint density at radius 2 is 1.24 bits per heavy atom. The number of benzene rings is 2. The van der Waals surface area contributed by atoms with Crippen LogP contribution in [0.3, 0.4) is 0 Å². The Morgan fingerprint density at radius 1 is 0.761 bits per heavy atom. The van der Waals surface area contributed by atoms with Gasteiger partial charge in [-0.2, -0.15) is 10.2 Å². The summed E-state index contributed by atoms with van der Waals surface area (Å²) in [5.74, 6) is 1.46. The zero-order chi connectivity index (χ0) is 32.3. The lowest BCUT2D eigenvalue weighted by Crippen LogP contribution is -2.38. The van der Waals surface area contributed by atoms with E-state index in [4.69, 9.17) is 24.7 Å². The molecule has 0 bridgehead atoms. The van der Waals surface area contributed by atoms with Gasteiger partial charge in [0.25, 0.3) is 5.69 Å². The molecule has 4 aromatic rings. The number of rotatable bonds is 11. The number of morpholine rings is 2. The molecular weight excluding hydrogens is 592 g/mol. The number of hydrogen-bond donors (Lipinski definition) is 1. The molecule has 2 aromatic heterocycles. The molecular formula is C32H42N8O6. The van der Waals surface area contributed by atoms with Gasteiger partial charge >= 0.3 is 0 Å². The van der Waals surface area contributed by atoms with E-state index in [1.165, 1.54) is 12.1 Å². The summed E-state index contributed by atoms with van der Waals surface area (Å²) >= 11 is 0. The summed E-state index contributed by atoms with van der Waals surface area (Å²) in [6.45, 7) is 9.72. The van der Waals surface area contributed by atoms with Crippen molar-refractivity contribution in [1.82, 2.24) is 29.4 Å². The summed E-state index contributed by atoms with van der Waals surface area (Å²) in [5, 5.41) is 19.4. The minimum absolute atomic E-state index is 0.0340. The Kier molecular flexibility index (Phi) is 11.6. The number of nitrogen functional groups attached to an aromatic ring is 1. The van der Waals surface area contributed by atoms with E-state index in [0.717, 1.165) is 94.1 Å². The smallest absolute Gasteiger partial charge is 0.270 e. The topological polar surface area (TPSA) is 148 Å². The molecule has 14 heteroatoms. The molecule has 0 atom stereocenters. The van der Waals surface area contributed by atoms with Crippen molar-refractivity contribution in [2.24, 2.45) is 14.1 Å². The van der Waals surface area contributed by atoms with Gasteiger partial charge < -0.3 is 24.7 Å². The molecule has 0 amide bonds. The first-order valence-electron chi connectivity index (χ1n) is 15.4. The average Bonchev–Trinajstić information content (AvgIpc) is 3.70. The number of ether oxygens (including phenoxy) is 4. The highest BCUT2D eigenvalue weighted by atomic mass is 16.6. The molecule has 2 saturated heterocycles. The van der Waals surface area contributed by atoms with Crippen molar-refractivity contribution >= 4 is 11.4 Å². The molecule has 2 aliphatic rings. The van der Waals surface area contributed by atoms with Crippen LogP contribution in [0.15, 0.2) is 60.9 Å². The van der Waals surface area contributed by atoms with Gasteiger partial charge in [-0.3, -0.25) is 29.3 Å². The summed E-state index contributed by atoms with van der Waals surface area (Å²) in [6.07, 6.45) is 3.43. The van der Waals surface area contributed by atoms with E-state index in [-0.39, 0.29) is 5.69 Å². The molecule has 6 rings (SSSR count). The maximum atomic E-state index is 11.1. The highest BCUT2D eigenvalue weighted by molar-refractivity contribution is 5.72. The van der Waals surface area contributed by atoms with Crippen LogP contribution < -0.4 is 15.2 Å². The highest BCUT2D eigenvalue weighted by Crippen LogP contribution is 2.33. The first kappa shape index (κ1) is 32.9. The molecule has 0 aliphatic carbocycles. The van der Waals surface area contributed by atoms with Crippen LogP contribution >= 0.6 is 0 Å². The Labute approximate surface area is 268 Å². The molecule has 2 N–H and O–H groups in total. The van der Waals surface area contributed by atoms with Crippen LogP contribution in [0.25, 0.3) is 22.5 Å². The SMILES string of the molecule is Cn1nccc1-c1cc(N)ccc1OCCN1CCOCC1.Cn1nccc1-c1cc([N+](=O)[O-])ccc1OCCN1CCOCC1. The number of nitrogens with zero attached hydrogens (tertiary/aromatic N) is 7. The van der Waals surface area contributed by atoms with Crippen LogP contribution in [0.5, 0.6) is 11.5 Å². The fourth-order valence-electron chi connectivity index (χ4n) is 5.33. The third kappa shape index (κ3) is 8.81. The van der Waals surface area contributed by atoms with E-state index in [1.807, 2.05) is 42.1 Å². The van der Waals surface area contributed by atoms with Crippen LogP contribution in [0.1, 0.15) is 0 Å². The molecule has 0 spiro atoms. The fourth-order valence-corrected chi connectivity index (χ4v) is 5.33. The molecule has 2 fully saturated rings. The van der Waals surface area contributed by atoms with Crippen molar-refractivity contribution in [2.75, 3.05) is 84.6 Å². The Hall–Kier alpha value is -4.50. The fraction of sp³-hybridized carbons (Fsp3) is 0.438. The summed E-state index contributed by atoms with van der Waals surface area (Å²) in [4.78, 5) is 15.3. The number of anilines is 1. The molecule has 0 radical (unpaired) electrons. The van der Waals surface area contributed by atoms with Gasteiger partial charge in [-0.15, -0.1) is 0 Å². The molecule has 2 aliphatic heterocycles. The molecule has 2 aromatic carbocycles. The first-order valence-corrected chi connectivity index (χ1v) is 15.4. The third-order valence-corrected chi connectivity index (χ3v) is 7.91. The number of aryl methyl sites for hydroxylation is 2. The zero-order valence-corrected chi connectivity index (χ0v) is 26.4. The van der Waals surface area contributed by atoms with Crippen LogP contribution in [0.4, 0.5) is 11.4 Å². The largest absolute Gasteiger partial charge is 0.492 e. The number of non-ortho nitro benzene ring substituents is 1. The van der Waals surface area contributed by atoms with E-state index in [9.17, 15) is 10.1 Å². The molecule has 246 valence electrons. The van der Waals surface area contributed by atoms with Crippen LogP contribution in [0.2, 0.25) is 0 Å². The minimum Gasteiger partial charge on any atom is -0.492 e. The van der Waals surface area contributed by atoms with Gasteiger partial charge in [0.2, 0.25) is 0 Å². The second-order valence-corrected chi connectivity index (χ2v) is 11.0. The first-order chi connectivity index (χ1) is 22.4. The molecule has 0 unspecified atom stereocenters. The van der Waals surface area contributed by atoms with Crippen molar-refractivity contribution < 1.29 is 23.9 Å². The van der Waals surface area contributed by atoms with Crippen molar-refractivity contribution in [1.29, 1.82) is 0 Å². The lowest BCUT2D eigenvalue weighted by Gasteiger charge is -2.26. The monoisotopic (exact) mass is 634 g/mol. The Balaban J connectivity index is 0.000000182. The van der Waals surface area contributed by atoms with Gasteiger partial charge in [-0.05, 0) is 36.4 Å². The van der Waals surface area contributed by atoms with E-state index < -0.39 is 4.92 Å². The van der Waals surface area contributed by atoms with Gasteiger partial charge in [0.1, 0.15) is 24.7 Å². The highest BCUT2D eigenvalue weighted by Gasteiger charge is 2.17. The Bertz CT molecular complexity index is 1560. The van der Waals surface area contributed by atoms with Crippen molar-refractivity contribution in [3.05, 3.63) is 71.0 Å². The van der Waals surface area contributed by atoms with E-state index in [2.05, 4.69) is 20.0 Å². The standard InChI is InChI=1S/C16H20N4O4.C16H22N4O2/c1-18-15(4-5-17-18)14-12-13(20(21)22)2-3-16(14)24-11-8-19-6-9-23-10-7-19;1-19-15(4-5-18-19)14-12-13(17)2-3-16(14)22-11-8-20-6-9-21-10-7-20/h2-5,12H,6-11H2,1H3;2-5,12H,6-11,17H2,1H3. The molecule has 46 heavy (non-hydrogen) atoms. The average molecular weight is 635 g/mol. The summed E-state index contributed by atoms with van der Waals surface area (Å²) in [7, 11) is 3.71. The summed E-state index contributed by atoms with van der Waals surface area (Å²) in [5.41, 5.74) is 10.1. The van der Waals surface area contributed by atoms with Crippen LogP contribution in [0, 0.1) is 10.1 Å². The maximum absolute atomic E-state index is 11.1. The summed E-state index contributed by atoms with van der Waals surface area (Å²) < 4.78 is 26.1. The maximum Gasteiger partial charge on any atom is 0.270 e. The molecule has 4 heterocycles. The van der Waals surface area contributed by atoms with Crippen LogP contribution in [-0.2, 0) is 23.6 Å². The van der Waals surface area contributed by atoms with Crippen molar-refractivity contribution in [3.63, 3.8) is 0 Å². The van der Waals surface area contributed by atoms with Gasteiger partial charge in [-0.25, -0.2) is 0 Å². The number of nitro groups is 1. The second kappa shape index (κ2) is 16.2. The number of nitrogens with two attached hydrogens (primary N) is 1. The molecule has 14 nitrogen and oxygen atoms in total. The van der Waals surface area contributed by atoms with Crippen molar-refractivity contribution in [3.8, 4) is 34.0 Å².